The highest BCUT2D eigenvalue weighted by molar-refractivity contribution is 7.09. The molecule has 0 radical (unpaired) electrons. The Morgan fingerprint density at radius 2 is 2.30 bits per heavy atom. The third kappa shape index (κ3) is 3.16. The quantitative estimate of drug-likeness (QED) is 0.738. The van der Waals surface area contributed by atoms with E-state index in [0.29, 0.717) is 18.0 Å². The van der Waals surface area contributed by atoms with Crippen LogP contribution >= 0.6 is 11.3 Å². The summed E-state index contributed by atoms with van der Waals surface area (Å²) in [7, 11) is 0. The van der Waals surface area contributed by atoms with E-state index in [-0.39, 0.29) is 23.1 Å². The average Bonchev–Trinajstić information content (AvgIpc) is 2.83. The van der Waals surface area contributed by atoms with E-state index < -0.39 is 5.97 Å². The van der Waals surface area contributed by atoms with Crippen LogP contribution in [0.15, 0.2) is 5.38 Å². The van der Waals surface area contributed by atoms with Gasteiger partial charge in [-0.3, -0.25) is 4.79 Å². The highest BCUT2D eigenvalue weighted by atomic mass is 32.1. The fourth-order valence-corrected chi connectivity index (χ4v) is 3.21. The van der Waals surface area contributed by atoms with Crippen LogP contribution in [0.1, 0.15) is 54.1 Å². The first-order chi connectivity index (χ1) is 9.46. The Bertz CT molecular complexity index is 505. The van der Waals surface area contributed by atoms with Crippen molar-refractivity contribution in [2.45, 2.75) is 38.6 Å². The van der Waals surface area contributed by atoms with Gasteiger partial charge in [0.1, 0.15) is 5.01 Å². The minimum atomic E-state index is -1.05. The molecular weight excluding hydrogens is 278 g/mol. The summed E-state index contributed by atoms with van der Waals surface area (Å²) in [6.45, 7) is 2.34. The highest BCUT2D eigenvalue weighted by Gasteiger charge is 2.37. The topological polar surface area (TPSA) is 105 Å². The smallest absolute Gasteiger partial charge is 0.355 e. The van der Waals surface area contributed by atoms with Crippen molar-refractivity contribution < 1.29 is 14.7 Å². The third-order valence-electron chi connectivity index (χ3n) is 3.87. The number of thiazole rings is 1. The summed E-state index contributed by atoms with van der Waals surface area (Å²) in [4.78, 5) is 26.8. The third-order valence-corrected chi connectivity index (χ3v) is 4.90. The van der Waals surface area contributed by atoms with Gasteiger partial charge in [0.15, 0.2) is 5.69 Å². The zero-order chi connectivity index (χ0) is 14.8. The number of hydrogen-bond acceptors (Lipinski definition) is 5. The van der Waals surface area contributed by atoms with Crippen molar-refractivity contribution in [1.82, 2.24) is 10.3 Å². The van der Waals surface area contributed by atoms with E-state index in [1.165, 1.54) is 16.7 Å². The molecule has 2 rings (SSSR count). The Morgan fingerprint density at radius 1 is 1.60 bits per heavy atom. The first kappa shape index (κ1) is 14.9. The molecule has 1 heterocycles. The van der Waals surface area contributed by atoms with Crippen molar-refractivity contribution >= 4 is 23.2 Å². The van der Waals surface area contributed by atoms with Gasteiger partial charge in [-0.15, -0.1) is 11.3 Å². The second kappa shape index (κ2) is 5.88. The minimum Gasteiger partial charge on any atom is -0.476 e. The van der Waals surface area contributed by atoms with E-state index in [9.17, 15) is 9.59 Å². The van der Waals surface area contributed by atoms with Crippen LogP contribution in [0.3, 0.4) is 0 Å². The summed E-state index contributed by atoms with van der Waals surface area (Å²) >= 11 is 1.24. The summed E-state index contributed by atoms with van der Waals surface area (Å²) in [6.07, 6.45) is 3.58. The second-order valence-electron chi connectivity index (χ2n) is 5.40. The lowest BCUT2D eigenvalue weighted by molar-refractivity contribution is -0.125. The predicted molar refractivity (Wildman–Crippen MR) is 75.6 cm³/mol. The van der Waals surface area contributed by atoms with Crippen LogP contribution in [-0.4, -0.2) is 28.5 Å². The zero-order valence-electron chi connectivity index (χ0n) is 11.4. The Labute approximate surface area is 121 Å². The Hall–Kier alpha value is -1.47. The highest BCUT2D eigenvalue weighted by Crippen LogP contribution is 2.42. The maximum atomic E-state index is 12.0. The van der Waals surface area contributed by atoms with Crippen molar-refractivity contribution in [2.75, 3.05) is 6.54 Å². The van der Waals surface area contributed by atoms with E-state index in [2.05, 4.69) is 10.3 Å². The summed E-state index contributed by atoms with van der Waals surface area (Å²) in [5.74, 6) is -1.10. The van der Waals surface area contributed by atoms with E-state index in [1.807, 2.05) is 0 Å². The molecule has 1 fully saturated rings. The molecule has 1 saturated carbocycles. The number of aromatic nitrogens is 1. The average molecular weight is 297 g/mol. The molecule has 1 unspecified atom stereocenters. The minimum absolute atomic E-state index is 0.0171. The van der Waals surface area contributed by atoms with Crippen LogP contribution in [0, 0.1) is 5.41 Å². The van der Waals surface area contributed by atoms with Gasteiger partial charge in [-0.05, 0) is 31.7 Å². The number of nitrogens with two attached hydrogens (primary N) is 1. The number of aromatic carboxylic acids is 1. The number of carbonyl (C=O) groups is 2. The Morgan fingerprint density at radius 3 is 2.75 bits per heavy atom. The van der Waals surface area contributed by atoms with Gasteiger partial charge in [0.05, 0.1) is 6.04 Å². The normalized spacial score (nSPS) is 18.1. The van der Waals surface area contributed by atoms with Gasteiger partial charge in [0.25, 0.3) is 0 Å². The molecule has 1 atom stereocenters. The molecule has 1 aromatic heterocycles. The molecular formula is C13H19N3O3S. The van der Waals surface area contributed by atoms with E-state index >= 15 is 0 Å². The number of carboxylic acids is 1. The molecule has 0 aliphatic heterocycles. The van der Waals surface area contributed by atoms with Gasteiger partial charge >= 0.3 is 5.97 Å². The molecule has 110 valence electrons. The standard InChI is InChI=1S/C13H19N3O3S/c1-8(11-16-9(6-20-11)12(18)19)15-10(17)5-13(7-14)3-2-4-13/h6,8H,2-5,7,14H2,1H3,(H,15,17)(H,18,19). The lowest BCUT2D eigenvalue weighted by Gasteiger charge is -2.40. The number of nitrogens with one attached hydrogen (secondary N) is 1. The van der Waals surface area contributed by atoms with Crippen LogP contribution in [0.2, 0.25) is 0 Å². The SMILES string of the molecule is CC(NC(=O)CC1(CN)CCC1)c1nc(C(=O)O)cs1. The molecule has 1 aliphatic rings. The number of carboxylic acid groups (broad SMARTS) is 1. The molecule has 6 nitrogen and oxygen atoms in total. The van der Waals surface area contributed by atoms with Gasteiger partial charge in [-0.25, -0.2) is 9.78 Å². The maximum Gasteiger partial charge on any atom is 0.355 e. The summed E-state index contributed by atoms with van der Waals surface area (Å²) in [5, 5.41) is 13.8. The van der Waals surface area contributed by atoms with Gasteiger partial charge in [0.2, 0.25) is 5.91 Å². The van der Waals surface area contributed by atoms with E-state index in [0.717, 1.165) is 19.3 Å². The molecule has 1 aromatic rings. The van der Waals surface area contributed by atoms with Crippen LogP contribution in [0.5, 0.6) is 0 Å². The van der Waals surface area contributed by atoms with Crippen LogP contribution in [0.4, 0.5) is 0 Å². The van der Waals surface area contributed by atoms with Crippen molar-refractivity contribution in [2.24, 2.45) is 11.1 Å². The van der Waals surface area contributed by atoms with Crippen molar-refractivity contribution in [1.29, 1.82) is 0 Å². The first-order valence-corrected chi connectivity index (χ1v) is 7.52. The number of carbonyl (C=O) groups excluding carboxylic acids is 1. The largest absolute Gasteiger partial charge is 0.476 e. The molecule has 0 aromatic carbocycles. The summed E-state index contributed by atoms with van der Waals surface area (Å²) in [6, 6.07) is -0.282. The number of hydrogen-bond donors (Lipinski definition) is 3. The zero-order valence-corrected chi connectivity index (χ0v) is 12.2. The fraction of sp³-hybridized carbons (Fsp3) is 0.615. The molecule has 1 amide bonds. The molecule has 1 aliphatic carbocycles. The molecule has 0 spiro atoms. The van der Waals surface area contributed by atoms with Crippen molar-refractivity contribution in [3.63, 3.8) is 0 Å². The lowest BCUT2D eigenvalue weighted by Crippen LogP contribution is -2.42. The van der Waals surface area contributed by atoms with Gasteiger partial charge in [-0.2, -0.15) is 0 Å². The molecule has 0 saturated heterocycles. The molecule has 20 heavy (non-hydrogen) atoms. The van der Waals surface area contributed by atoms with E-state index in [1.54, 1.807) is 6.92 Å². The monoisotopic (exact) mass is 297 g/mol. The second-order valence-corrected chi connectivity index (χ2v) is 6.29. The number of amides is 1. The Kier molecular flexibility index (Phi) is 4.39. The van der Waals surface area contributed by atoms with Crippen LogP contribution in [-0.2, 0) is 4.79 Å². The number of rotatable bonds is 6. The van der Waals surface area contributed by atoms with Gasteiger partial charge in [0, 0.05) is 11.8 Å². The van der Waals surface area contributed by atoms with E-state index in [4.69, 9.17) is 10.8 Å². The Balaban J connectivity index is 1.91. The summed E-state index contributed by atoms with van der Waals surface area (Å²) < 4.78 is 0. The molecule has 7 heteroatoms. The first-order valence-electron chi connectivity index (χ1n) is 6.64. The molecule has 0 bridgehead atoms. The fourth-order valence-electron chi connectivity index (χ4n) is 2.41. The van der Waals surface area contributed by atoms with Gasteiger partial charge < -0.3 is 16.2 Å². The van der Waals surface area contributed by atoms with Crippen molar-refractivity contribution in [3.8, 4) is 0 Å². The maximum absolute atomic E-state index is 12.0. The van der Waals surface area contributed by atoms with Crippen molar-refractivity contribution in [3.05, 3.63) is 16.1 Å². The lowest BCUT2D eigenvalue weighted by atomic mass is 9.66. The summed E-state index contributed by atoms with van der Waals surface area (Å²) in [5.41, 5.74) is 5.73. The predicted octanol–water partition coefficient (Wildman–Crippen LogP) is 1.54. The molecule has 4 N–H and O–H groups in total. The number of nitrogens with zero attached hydrogens (tertiary/aromatic N) is 1. The van der Waals surface area contributed by atoms with Crippen LogP contribution in [0.25, 0.3) is 0 Å². The van der Waals surface area contributed by atoms with Crippen LogP contribution < -0.4 is 11.1 Å². The van der Waals surface area contributed by atoms with Gasteiger partial charge in [-0.1, -0.05) is 6.42 Å².